The molecule has 2 aliphatic carbocycles. The fourth-order valence-electron chi connectivity index (χ4n) is 5.79. The summed E-state index contributed by atoms with van der Waals surface area (Å²) in [6.45, 7) is 5.71. The molecule has 1 aromatic rings. The van der Waals surface area contributed by atoms with Gasteiger partial charge in [-0.25, -0.2) is 0 Å². The standard InChI is InChI=1S/C34H52N2O5S/c1-5-6-17-30(37)31(38)28(21-25-15-11-8-12-16-25)35-33(40)29(22-26-18-19-26)36-32(39)27(23-42(41)34(2,3)4)20-24-13-9-7-10-14-24/h1,7,9-10,13-14,25-31,37-38H,6,8,11-12,15-23H2,2-4H3,(H,35,40)(H,36,39)/t27-,28+,29+,30+,31-,42?/m1/s1. The van der Waals surface area contributed by atoms with Crippen LogP contribution in [0.1, 0.15) is 97.0 Å². The topological polar surface area (TPSA) is 116 Å². The summed E-state index contributed by atoms with van der Waals surface area (Å²) in [5, 5.41) is 27.8. The van der Waals surface area contributed by atoms with E-state index in [4.69, 9.17) is 6.42 Å². The molecule has 234 valence electrons. The van der Waals surface area contributed by atoms with Gasteiger partial charge in [-0.05, 0) is 63.9 Å². The van der Waals surface area contributed by atoms with Gasteiger partial charge in [-0.3, -0.25) is 13.8 Å². The monoisotopic (exact) mass is 600 g/mol. The lowest BCUT2D eigenvalue weighted by molar-refractivity contribution is -0.132. The lowest BCUT2D eigenvalue weighted by atomic mass is 9.82. The SMILES string of the molecule is C#CCC[C@H](O)[C@H](O)[C@H](CC1CCCCC1)NC(=O)[C@H](CC1CC1)NC(=O)[C@H](Cc1ccccc1)CS(=O)C(C)(C)C. The molecule has 3 rings (SSSR count). The van der Waals surface area contributed by atoms with Crippen LogP contribution in [0.3, 0.4) is 0 Å². The van der Waals surface area contributed by atoms with Crippen molar-refractivity contribution in [3.05, 3.63) is 35.9 Å². The Morgan fingerprint density at radius 1 is 0.976 bits per heavy atom. The normalized spacial score (nSPS) is 20.4. The van der Waals surface area contributed by atoms with Crippen LogP contribution in [0.15, 0.2) is 30.3 Å². The van der Waals surface area contributed by atoms with E-state index < -0.39 is 45.8 Å². The number of nitrogens with one attached hydrogen (secondary N) is 2. The maximum Gasteiger partial charge on any atom is 0.242 e. The summed E-state index contributed by atoms with van der Waals surface area (Å²) in [6, 6.07) is 8.27. The Labute approximate surface area is 255 Å². The molecular formula is C34H52N2O5S. The first-order valence-electron chi connectivity index (χ1n) is 15.8. The molecule has 6 atom stereocenters. The van der Waals surface area contributed by atoms with E-state index in [1.54, 1.807) is 0 Å². The second-order valence-corrected chi connectivity index (χ2v) is 15.7. The minimum atomic E-state index is -1.25. The van der Waals surface area contributed by atoms with Crippen LogP contribution in [0, 0.1) is 30.1 Å². The summed E-state index contributed by atoms with van der Waals surface area (Å²) in [6.07, 6.45) is 12.8. The molecule has 0 radical (unpaired) electrons. The van der Waals surface area contributed by atoms with Crippen molar-refractivity contribution in [1.29, 1.82) is 0 Å². The van der Waals surface area contributed by atoms with E-state index in [-0.39, 0.29) is 24.0 Å². The van der Waals surface area contributed by atoms with Gasteiger partial charge in [0.05, 0.1) is 18.1 Å². The fourth-order valence-corrected chi connectivity index (χ4v) is 6.92. The molecule has 2 aliphatic rings. The van der Waals surface area contributed by atoms with Gasteiger partial charge in [-0.15, -0.1) is 12.3 Å². The summed E-state index contributed by atoms with van der Waals surface area (Å²) in [5.41, 5.74) is 0.975. The second-order valence-electron chi connectivity index (χ2n) is 13.4. The van der Waals surface area contributed by atoms with Gasteiger partial charge < -0.3 is 20.8 Å². The van der Waals surface area contributed by atoms with Gasteiger partial charge >= 0.3 is 0 Å². The van der Waals surface area contributed by atoms with Gasteiger partial charge in [0.25, 0.3) is 0 Å². The molecular weight excluding hydrogens is 548 g/mol. The average molecular weight is 601 g/mol. The number of hydrogen-bond acceptors (Lipinski definition) is 5. The predicted molar refractivity (Wildman–Crippen MR) is 169 cm³/mol. The van der Waals surface area contributed by atoms with E-state index in [2.05, 4.69) is 16.6 Å². The van der Waals surface area contributed by atoms with Gasteiger partial charge in [0.2, 0.25) is 11.8 Å². The molecule has 0 aliphatic heterocycles. The van der Waals surface area contributed by atoms with Gasteiger partial charge in [-0.2, -0.15) is 0 Å². The number of rotatable bonds is 16. The highest BCUT2D eigenvalue weighted by Crippen LogP contribution is 2.34. The number of hydrogen-bond donors (Lipinski definition) is 4. The number of aliphatic hydroxyl groups is 2. The quantitative estimate of drug-likeness (QED) is 0.212. The maximum absolute atomic E-state index is 13.8. The third-order valence-electron chi connectivity index (χ3n) is 8.66. The van der Waals surface area contributed by atoms with Gasteiger partial charge in [0.1, 0.15) is 12.1 Å². The first-order valence-corrected chi connectivity index (χ1v) is 17.1. The molecule has 7 nitrogen and oxygen atoms in total. The van der Waals surface area contributed by atoms with Crippen LogP contribution in [-0.2, 0) is 26.8 Å². The number of amides is 2. The summed E-state index contributed by atoms with van der Waals surface area (Å²) < 4.78 is 12.6. The smallest absolute Gasteiger partial charge is 0.242 e. The zero-order valence-corrected chi connectivity index (χ0v) is 26.5. The average Bonchev–Trinajstić information content (AvgIpc) is 3.79. The molecule has 42 heavy (non-hydrogen) atoms. The van der Waals surface area contributed by atoms with Crippen molar-refractivity contribution in [2.45, 2.75) is 127 Å². The molecule has 0 bridgehead atoms. The largest absolute Gasteiger partial charge is 0.390 e. The number of benzene rings is 1. The lowest BCUT2D eigenvalue weighted by Gasteiger charge is -2.33. The van der Waals surface area contributed by atoms with Crippen LogP contribution >= 0.6 is 0 Å². The van der Waals surface area contributed by atoms with Crippen molar-refractivity contribution in [2.24, 2.45) is 17.8 Å². The molecule has 0 aromatic heterocycles. The highest BCUT2D eigenvalue weighted by atomic mass is 32.2. The molecule has 0 saturated heterocycles. The van der Waals surface area contributed by atoms with Crippen molar-refractivity contribution < 1.29 is 24.0 Å². The number of carbonyl (C=O) groups excluding carboxylic acids is 2. The molecule has 2 fully saturated rings. The van der Waals surface area contributed by atoms with E-state index in [1.165, 1.54) is 6.42 Å². The first kappa shape index (κ1) is 34.3. The number of aliphatic hydroxyl groups excluding tert-OH is 2. The zero-order valence-electron chi connectivity index (χ0n) is 25.7. The third-order valence-corrected chi connectivity index (χ3v) is 10.7. The van der Waals surface area contributed by atoms with Crippen LogP contribution in [0.4, 0.5) is 0 Å². The van der Waals surface area contributed by atoms with Crippen molar-refractivity contribution >= 4 is 22.6 Å². The Bertz CT molecular complexity index is 1060. The number of carbonyl (C=O) groups is 2. The van der Waals surface area contributed by atoms with Gasteiger partial charge in [0.15, 0.2) is 0 Å². The second kappa shape index (κ2) is 16.6. The van der Waals surface area contributed by atoms with Crippen molar-refractivity contribution in [3.63, 3.8) is 0 Å². The highest BCUT2D eigenvalue weighted by Gasteiger charge is 2.36. The Morgan fingerprint density at radius 2 is 1.62 bits per heavy atom. The zero-order chi connectivity index (χ0) is 30.7. The number of terminal acetylenes is 1. The van der Waals surface area contributed by atoms with Crippen LogP contribution in [0.5, 0.6) is 0 Å². The fraction of sp³-hybridized carbons (Fsp3) is 0.706. The van der Waals surface area contributed by atoms with Crippen LogP contribution in [0.25, 0.3) is 0 Å². The Balaban J connectivity index is 1.77. The van der Waals surface area contributed by atoms with Crippen LogP contribution < -0.4 is 10.6 Å². The van der Waals surface area contributed by atoms with E-state index in [9.17, 15) is 24.0 Å². The minimum Gasteiger partial charge on any atom is -0.390 e. The molecule has 0 spiro atoms. The Morgan fingerprint density at radius 3 is 2.21 bits per heavy atom. The van der Waals surface area contributed by atoms with Crippen LogP contribution in [0.2, 0.25) is 0 Å². The van der Waals surface area contributed by atoms with Crippen molar-refractivity contribution in [1.82, 2.24) is 10.6 Å². The molecule has 2 amide bonds. The Hall–Kier alpha value is -2.21. The molecule has 8 heteroatoms. The van der Waals surface area contributed by atoms with Gasteiger partial charge in [-0.1, -0.05) is 75.3 Å². The molecule has 2 saturated carbocycles. The third kappa shape index (κ3) is 11.5. The minimum absolute atomic E-state index is 0.201. The van der Waals surface area contributed by atoms with Crippen molar-refractivity contribution in [3.8, 4) is 12.3 Å². The predicted octanol–water partition coefficient (Wildman–Crippen LogP) is 4.27. The summed E-state index contributed by atoms with van der Waals surface area (Å²) in [4.78, 5) is 27.5. The summed E-state index contributed by atoms with van der Waals surface area (Å²) >= 11 is 0. The summed E-state index contributed by atoms with van der Waals surface area (Å²) in [5.74, 6) is 2.25. The highest BCUT2D eigenvalue weighted by molar-refractivity contribution is 7.86. The van der Waals surface area contributed by atoms with Crippen molar-refractivity contribution in [2.75, 3.05) is 5.75 Å². The lowest BCUT2D eigenvalue weighted by Crippen LogP contribution is -2.56. The van der Waals surface area contributed by atoms with Gasteiger partial charge in [0, 0.05) is 27.7 Å². The summed E-state index contributed by atoms with van der Waals surface area (Å²) in [7, 11) is -1.25. The Kier molecular flexibility index (Phi) is 13.5. The molecule has 4 N–H and O–H groups in total. The van der Waals surface area contributed by atoms with Crippen LogP contribution in [-0.4, -0.2) is 61.0 Å². The van der Waals surface area contributed by atoms with E-state index in [0.29, 0.717) is 37.5 Å². The maximum atomic E-state index is 13.8. The molecule has 1 unspecified atom stereocenters. The van der Waals surface area contributed by atoms with E-state index in [1.807, 2.05) is 51.1 Å². The van der Waals surface area contributed by atoms with E-state index >= 15 is 0 Å². The first-order chi connectivity index (χ1) is 20.0. The molecule has 0 heterocycles. The van der Waals surface area contributed by atoms with E-state index in [0.717, 1.165) is 44.1 Å². The molecule has 1 aromatic carbocycles.